The number of anilines is 1. The summed E-state index contributed by atoms with van der Waals surface area (Å²) in [5.74, 6) is 0.744. The monoisotopic (exact) mass is 388 g/mol. The third-order valence-corrected chi connectivity index (χ3v) is 5.73. The molecular weight excluding hydrogens is 360 g/mol. The molecule has 1 N–H and O–H groups in total. The summed E-state index contributed by atoms with van der Waals surface area (Å²) in [5.41, 5.74) is 1.70. The third-order valence-electron chi connectivity index (χ3n) is 5.73. The highest BCUT2D eigenvalue weighted by atomic mass is 16.1. The number of hydrogen-bond donors (Lipinski definition) is 1. The van der Waals surface area contributed by atoms with Crippen molar-refractivity contribution >= 4 is 22.5 Å². The minimum absolute atomic E-state index is 0.153. The van der Waals surface area contributed by atoms with E-state index in [1.54, 1.807) is 0 Å². The van der Waals surface area contributed by atoms with Gasteiger partial charge in [-0.05, 0) is 44.6 Å². The highest BCUT2D eigenvalue weighted by Crippen LogP contribution is 2.30. The number of aromatic nitrogens is 2. The van der Waals surface area contributed by atoms with Crippen LogP contribution in [0.3, 0.4) is 0 Å². The number of piperidine rings is 1. The van der Waals surface area contributed by atoms with Crippen LogP contribution >= 0.6 is 0 Å². The minimum atomic E-state index is -0.153. The first kappa shape index (κ1) is 19.4. The molecule has 5 nitrogen and oxygen atoms in total. The Morgan fingerprint density at radius 1 is 1.03 bits per heavy atom. The van der Waals surface area contributed by atoms with E-state index in [2.05, 4.69) is 39.5 Å². The van der Waals surface area contributed by atoms with Gasteiger partial charge in [0.25, 0.3) is 5.91 Å². The van der Waals surface area contributed by atoms with E-state index >= 15 is 0 Å². The van der Waals surface area contributed by atoms with Gasteiger partial charge < -0.3 is 10.2 Å². The molecule has 0 bridgehead atoms. The summed E-state index contributed by atoms with van der Waals surface area (Å²) in [6.45, 7) is 3.85. The quantitative estimate of drug-likeness (QED) is 0.637. The van der Waals surface area contributed by atoms with Crippen LogP contribution in [0.15, 0.2) is 54.6 Å². The average Bonchev–Trinajstić information content (AvgIpc) is 2.77. The minimum Gasteiger partial charge on any atom is -0.352 e. The molecule has 5 heteroatoms. The zero-order valence-electron chi connectivity index (χ0n) is 17.0. The average molecular weight is 389 g/mol. The van der Waals surface area contributed by atoms with Crippen LogP contribution in [-0.2, 0) is 6.42 Å². The zero-order chi connectivity index (χ0) is 20.1. The lowest BCUT2D eigenvalue weighted by Crippen LogP contribution is -2.38. The van der Waals surface area contributed by atoms with Crippen molar-refractivity contribution in [2.75, 3.05) is 18.0 Å². The first-order valence-corrected chi connectivity index (χ1v) is 10.6. The fourth-order valence-corrected chi connectivity index (χ4v) is 4.11. The van der Waals surface area contributed by atoms with E-state index in [1.165, 1.54) is 24.8 Å². The molecule has 1 atom stereocenters. The van der Waals surface area contributed by atoms with E-state index in [4.69, 9.17) is 0 Å². The number of benzene rings is 2. The zero-order valence-corrected chi connectivity index (χ0v) is 17.0. The Morgan fingerprint density at radius 3 is 2.59 bits per heavy atom. The van der Waals surface area contributed by atoms with Crippen LogP contribution in [0.1, 0.15) is 48.7 Å². The van der Waals surface area contributed by atoms with Crippen molar-refractivity contribution in [3.8, 4) is 0 Å². The van der Waals surface area contributed by atoms with Crippen LogP contribution < -0.4 is 10.2 Å². The predicted octanol–water partition coefficient (Wildman–Crippen LogP) is 4.37. The molecular formula is C24H28N4O. The molecule has 150 valence electrons. The van der Waals surface area contributed by atoms with Gasteiger partial charge in [0.2, 0.25) is 0 Å². The lowest BCUT2D eigenvalue weighted by Gasteiger charge is -2.34. The number of fused-ring (bicyclic) bond motifs is 1. The summed E-state index contributed by atoms with van der Waals surface area (Å²) in [6, 6.07) is 18.8. The van der Waals surface area contributed by atoms with Crippen molar-refractivity contribution in [2.45, 2.75) is 45.1 Å². The number of nitrogens with one attached hydrogen (secondary N) is 1. The van der Waals surface area contributed by atoms with Gasteiger partial charge in [0.1, 0.15) is 0 Å². The van der Waals surface area contributed by atoms with E-state index in [0.29, 0.717) is 18.3 Å². The van der Waals surface area contributed by atoms with Crippen LogP contribution in [0.25, 0.3) is 10.8 Å². The van der Waals surface area contributed by atoms with Gasteiger partial charge in [-0.25, -0.2) is 0 Å². The molecule has 29 heavy (non-hydrogen) atoms. The van der Waals surface area contributed by atoms with Gasteiger partial charge in [-0.2, -0.15) is 0 Å². The predicted molar refractivity (Wildman–Crippen MR) is 117 cm³/mol. The highest BCUT2D eigenvalue weighted by Gasteiger charge is 2.24. The Morgan fingerprint density at radius 2 is 1.79 bits per heavy atom. The third kappa shape index (κ3) is 4.39. The van der Waals surface area contributed by atoms with Gasteiger partial charge in [0.15, 0.2) is 11.5 Å². The standard InChI is InChI=1S/C24H28N4O/c1-18-10-7-8-17-28(18)23-21-15-6-5-14-20(21)22(26-27-23)24(29)25-16-9-13-19-11-3-2-4-12-19/h2-6,11-12,14-15,18H,7-10,13,16-17H2,1H3,(H,25,29). The number of aryl methyl sites for hydroxylation is 1. The molecule has 1 unspecified atom stereocenters. The second kappa shape index (κ2) is 9.03. The molecule has 2 heterocycles. The summed E-state index contributed by atoms with van der Waals surface area (Å²) < 4.78 is 0. The molecule has 1 aliphatic heterocycles. The Hall–Kier alpha value is -2.95. The van der Waals surface area contributed by atoms with Crippen LogP contribution in [0.2, 0.25) is 0 Å². The molecule has 1 aliphatic rings. The summed E-state index contributed by atoms with van der Waals surface area (Å²) >= 11 is 0. The molecule has 1 aromatic heterocycles. The molecule has 1 amide bonds. The Balaban J connectivity index is 1.49. The number of amides is 1. The number of hydrogen-bond acceptors (Lipinski definition) is 4. The maximum absolute atomic E-state index is 12.8. The van der Waals surface area contributed by atoms with Crippen molar-refractivity contribution < 1.29 is 4.79 Å². The molecule has 1 fully saturated rings. The SMILES string of the molecule is CC1CCCCN1c1nnc(C(=O)NCCCc2ccccc2)c2ccccc12. The van der Waals surface area contributed by atoms with Gasteiger partial charge in [-0.3, -0.25) is 4.79 Å². The van der Waals surface area contributed by atoms with E-state index in [0.717, 1.165) is 36.0 Å². The van der Waals surface area contributed by atoms with Crippen molar-refractivity contribution in [3.05, 3.63) is 65.9 Å². The van der Waals surface area contributed by atoms with Gasteiger partial charge in [-0.1, -0.05) is 54.6 Å². The molecule has 0 aliphatic carbocycles. The van der Waals surface area contributed by atoms with Crippen LogP contribution in [0.5, 0.6) is 0 Å². The second-order valence-electron chi connectivity index (χ2n) is 7.80. The maximum Gasteiger partial charge on any atom is 0.272 e. The number of rotatable bonds is 6. The fraction of sp³-hybridized carbons (Fsp3) is 0.375. The Bertz CT molecular complexity index is 973. The molecule has 0 radical (unpaired) electrons. The first-order chi connectivity index (χ1) is 14.2. The Kier molecular flexibility index (Phi) is 6.03. The highest BCUT2D eigenvalue weighted by molar-refractivity contribution is 6.07. The molecule has 0 spiro atoms. The second-order valence-corrected chi connectivity index (χ2v) is 7.80. The lowest BCUT2D eigenvalue weighted by molar-refractivity contribution is 0.0949. The number of carbonyl (C=O) groups excluding carboxylic acids is 1. The molecule has 1 saturated heterocycles. The van der Waals surface area contributed by atoms with Crippen LogP contribution in [0, 0.1) is 0 Å². The largest absolute Gasteiger partial charge is 0.352 e. The molecule has 2 aromatic carbocycles. The summed E-state index contributed by atoms with van der Waals surface area (Å²) in [4.78, 5) is 15.1. The molecule has 0 saturated carbocycles. The normalized spacial score (nSPS) is 16.7. The van der Waals surface area contributed by atoms with Gasteiger partial charge in [0.05, 0.1) is 0 Å². The van der Waals surface area contributed by atoms with Crippen molar-refractivity contribution in [1.29, 1.82) is 0 Å². The first-order valence-electron chi connectivity index (χ1n) is 10.6. The van der Waals surface area contributed by atoms with E-state index in [1.807, 2.05) is 42.5 Å². The van der Waals surface area contributed by atoms with E-state index < -0.39 is 0 Å². The van der Waals surface area contributed by atoms with Crippen molar-refractivity contribution in [3.63, 3.8) is 0 Å². The summed E-state index contributed by atoms with van der Waals surface area (Å²) in [7, 11) is 0. The molecule has 3 aromatic rings. The summed E-state index contributed by atoms with van der Waals surface area (Å²) in [6.07, 6.45) is 5.43. The van der Waals surface area contributed by atoms with Gasteiger partial charge in [0, 0.05) is 29.9 Å². The van der Waals surface area contributed by atoms with Crippen LogP contribution in [-0.4, -0.2) is 35.2 Å². The van der Waals surface area contributed by atoms with Gasteiger partial charge in [-0.15, -0.1) is 10.2 Å². The smallest absolute Gasteiger partial charge is 0.272 e. The number of carbonyl (C=O) groups is 1. The lowest BCUT2D eigenvalue weighted by atomic mass is 10.0. The fourth-order valence-electron chi connectivity index (χ4n) is 4.11. The Labute approximate surface area is 172 Å². The maximum atomic E-state index is 12.8. The molecule has 4 rings (SSSR count). The van der Waals surface area contributed by atoms with Crippen molar-refractivity contribution in [1.82, 2.24) is 15.5 Å². The van der Waals surface area contributed by atoms with Crippen molar-refractivity contribution in [2.24, 2.45) is 0 Å². The van der Waals surface area contributed by atoms with E-state index in [-0.39, 0.29) is 5.91 Å². The topological polar surface area (TPSA) is 58.1 Å². The summed E-state index contributed by atoms with van der Waals surface area (Å²) in [5, 5.41) is 13.7. The van der Waals surface area contributed by atoms with E-state index in [9.17, 15) is 4.79 Å². The van der Waals surface area contributed by atoms with Gasteiger partial charge >= 0.3 is 0 Å². The van der Waals surface area contributed by atoms with Crippen LogP contribution in [0.4, 0.5) is 5.82 Å². The number of nitrogens with zero attached hydrogens (tertiary/aromatic N) is 3.